The molecule has 4 rings (SSSR count). The number of H-pyrrole nitrogens is 1. The van der Waals surface area contributed by atoms with Gasteiger partial charge in [-0.1, -0.05) is 19.3 Å². The smallest absolute Gasteiger partial charge is 0.253 e. The van der Waals surface area contributed by atoms with Crippen molar-refractivity contribution in [2.75, 3.05) is 0 Å². The summed E-state index contributed by atoms with van der Waals surface area (Å²) >= 11 is 0. The van der Waals surface area contributed by atoms with Crippen molar-refractivity contribution >= 4 is 16.9 Å². The summed E-state index contributed by atoms with van der Waals surface area (Å²) in [5, 5.41) is 13.1. The summed E-state index contributed by atoms with van der Waals surface area (Å²) in [5.41, 5.74) is 1.73. The van der Waals surface area contributed by atoms with E-state index < -0.39 is 0 Å². The number of nitrogens with zero attached hydrogens (tertiary/aromatic N) is 1. The van der Waals surface area contributed by atoms with Crippen LogP contribution in [0.3, 0.4) is 0 Å². The zero-order chi connectivity index (χ0) is 15.1. The molecule has 1 heterocycles. The van der Waals surface area contributed by atoms with Crippen LogP contribution in [0.2, 0.25) is 0 Å². The number of phenols is 1. The largest absolute Gasteiger partial charge is 0.506 e. The van der Waals surface area contributed by atoms with Crippen molar-refractivity contribution in [2.45, 2.75) is 56.9 Å². The fourth-order valence-corrected chi connectivity index (χ4v) is 3.34. The molecule has 2 aliphatic rings. The van der Waals surface area contributed by atoms with E-state index in [9.17, 15) is 9.90 Å². The minimum Gasteiger partial charge on any atom is -0.506 e. The second-order valence-corrected chi connectivity index (χ2v) is 6.56. The van der Waals surface area contributed by atoms with Crippen molar-refractivity contribution in [3.05, 3.63) is 23.5 Å². The second kappa shape index (κ2) is 5.30. The van der Waals surface area contributed by atoms with Gasteiger partial charge in [0.1, 0.15) is 22.6 Å². The van der Waals surface area contributed by atoms with Gasteiger partial charge in [0.05, 0.1) is 5.56 Å². The first-order valence-corrected chi connectivity index (χ1v) is 8.25. The summed E-state index contributed by atoms with van der Waals surface area (Å²) in [6.45, 7) is 0. The Balaban J connectivity index is 1.65. The molecule has 0 spiro atoms. The second-order valence-electron chi connectivity index (χ2n) is 6.56. The first kappa shape index (κ1) is 13.6. The topological polar surface area (TPSA) is 78.0 Å². The summed E-state index contributed by atoms with van der Waals surface area (Å²) in [5.74, 6) is 1.43. The molecule has 0 unspecified atom stereocenters. The molecule has 0 saturated heterocycles. The van der Waals surface area contributed by atoms with E-state index in [0.717, 1.165) is 31.5 Å². The maximum Gasteiger partial charge on any atom is 0.253 e. The van der Waals surface area contributed by atoms with Crippen molar-refractivity contribution in [1.29, 1.82) is 0 Å². The molecule has 2 aliphatic carbocycles. The quantitative estimate of drug-likeness (QED) is 0.814. The third-order valence-corrected chi connectivity index (χ3v) is 4.79. The highest BCUT2D eigenvalue weighted by Gasteiger charge is 2.28. The van der Waals surface area contributed by atoms with E-state index in [4.69, 9.17) is 0 Å². The fraction of sp³-hybridized carbons (Fsp3) is 0.529. The van der Waals surface area contributed by atoms with E-state index in [1.54, 1.807) is 12.1 Å². The molecule has 5 nitrogen and oxygen atoms in total. The highest BCUT2D eigenvalue weighted by atomic mass is 16.3. The molecule has 5 heteroatoms. The van der Waals surface area contributed by atoms with Crippen LogP contribution in [-0.4, -0.2) is 27.0 Å². The Hall–Kier alpha value is -2.04. The Bertz CT molecular complexity index is 712. The number of hydrogen-bond donors (Lipinski definition) is 3. The lowest BCUT2D eigenvalue weighted by Crippen LogP contribution is -2.36. The molecule has 0 atom stereocenters. The minimum atomic E-state index is -0.0780. The predicted octanol–water partition coefficient (Wildman–Crippen LogP) is 3.21. The molecular formula is C17H21N3O2. The molecule has 1 amide bonds. The van der Waals surface area contributed by atoms with Crippen LogP contribution in [0.5, 0.6) is 5.75 Å². The number of carbonyl (C=O) groups excluding carboxylic acids is 1. The number of imidazole rings is 1. The molecular weight excluding hydrogens is 278 g/mol. The number of benzene rings is 1. The molecule has 116 valence electrons. The van der Waals surface area contributed by atoms with Crippen molar-refractivity contribution in [3.8, 4) is 5.75 Å². The van der Waals surface area contributed by atoms with E-state index in [2.05, 4.69) is 15.3 Å². The summed E-state index contributed by atoms with van der Waals surface area (Å²) < 4.78 is 0. The van der Waals surface area contributed by atoms with Gasteiger partial charge in [-0.2, -0.15) is 0 Å². The number of carbonyl (C=O) groups is 1. The summed E-state index contributed by atoms with van der Waals surface area (Å²) in [6, 6.07) is 3.52. The van der Waals surface area contributed by atoms with Gasteiger partial charge in [0, 0.05) is 12.0 Å². The Morgan fingerprint density at radius 1 is 1.18 bits per heavy atom. The van der Waals surface area contributed by atoms with Crippen molar-refractivity contribution in [1.82, 2.24) is 15.3 Å². The van der Waals surface area contributed by atoms with Crippen molar-refractivity contribution in [3.63, 3.8) is 0 Å². The number of aromatic nitrogens is 2. The SMILES string of the molecule is O=C(NC1CCCCC1)c1ccc(O)c2[nH]c(C3CC3)nc12. The lowest BCUT2D eigenvalue weighted by Gasteiger charge is -2.22. The third kappa shape index (κ3) is 2.45. The highest BCUT2D eigenvalue weighted by molar-refractivity contribution is 6.06. The van der Waals surface area contributed by atoms with Gasteiger partial charge in [0.15, 0.2) is 0 Å². The minimum absolute atomic E-state index is 0.0780. The molecule has 2 aromatic rings. The molecule has 2 saturated carbocycles. The molecule has 1 aromatic carbocycles. The number of aromatic amines is 1. The van der Waals surface area contributed by atoms with Crippen molar-refractivity contribution in [2.24, 2.45) is 0 Å². The number of phenolic OH excluding ortho intramolecular Hbond substituents is 1. The average molecular weight is 299 g/mol. The van der Waals surface area contributed by atoms with E-state index in [0.29, 0.717) is 22.5 Å². The maximum atomic E-state index is 12.6. The summed E-state index contributed by atoms with van der Waals surface area (Å²) in [4.78, 5) is 20.3. The number of fused-ring (bicyclic) bond motifs is 1. The first-order chi connectivity index (χ1) is 10.7. The van der Waals surface area contributed by atoms with Crippen LogP contribution >= 0.6 is 0 Å². The van der Waals surface area contributed by atoms with E-state index >= 15 is 0 Å². The predicted molar refractivity (Wildman–Crippen MR) is 84.1 cm³/mol. The van der Waals surface area contributed by atoms with Crippen LogP contribution in [0, 0.1) is 0 Å². The summed E-state index contributed by atoms with van der Waals surface area (Å²) in [7, 11) is 0. The van der Waals surface area contributed by atoms with Crippen LogP contribution in [0.15, 0.2) is 12.1 Å². The van der Waals surface area contributed by atoms with Crippen LogP contribution < -0.4 is 5.32 Å². The zero-order valence-corrected chi connectivity index (χ0v) is 12.6. The molecule has 0 radical (unpaired) electrons. The average Bonchev–Trinajstić information content (AvgIpc) is 3.28. The first-order valence-electron chi connectivity index (χ1n) is 8.25. The van der Waals surface area contributed by atoms with Crippen LogP contribution in [-0.2, 0) is 0 Å². The number of nitrogens with one attached hydrogen (secondary N) is 2. The van der Waals surface area contributed by atoms with Gasteiger partial charge in [-0.15, -0.1) is 0 Å². The molecule has 22 heavy (non-hydrogen) atoms. The fourth-order valence-electron chi connectivity index (χ4n) is 3.34. The van der Waals surface area contributed by atoms with Gasteiger partial charge >= 0.3 is 0 Å². The molecule has 3 N–H and O–H groups in total. The van der Waals surface area contributed by atoms with Gasteiger partial charge in [-0.3, -0.25) is 4.79 Å². The zero-order valence-electron chi connectivity index (χ0n) is 12.6. The Morgan fingerprint density at radius 3 is 2.68 bits per heavy atom. The number of amides is 1. The van der Waals surface area contributed by atoms with E-state index in [-0.39, 0.29) is 17.7 Å². The van der Waals surface area contributed by atoms with Gasteiger partial charge in [-0.25, -0.2) is 4.98 Å². The van der Waals surface area contributed by atoms with Crippen LogP contribution in [0.4, 0.5) is 0 Å². The molecule has 0 bridgehead atoms. The lowest BCUT2D eigenvalue weighted by atomic mass is 9.95. The van der Waals surface area contributed by atoms with Crippen LogP contribution in [0.1, 0.15) is 67.0 Å². The van der Waals surface area contributed by atoms with Gasteiger partial charge < -0.3 is 15.4 Å². The number of aromatic hydroxyl groups is 1. The normalized spacial score (nSPS) is 19.5. The molecule has 2 fully saturated rings. The standard InChI is InChI=1S/C17H21N3O2/c21-13-9-8-12(17(22)18-11-4-2-1-3-5-11)14-15(13)20-16(19-14)10-6-7-10/h8-11,21H,1-7H2,(H,18,22)(H,19,20). The van der Waals surface area contributed by atoms with Gasteiger partial charge in [0.2, 0.25) is 0 Å². The van der Waals surface area contributed by atoms with Crippen molar-refractivity contribution < 1.29 is 9.90 Å². The lowest BCUT2D eigenvalue weighted by molar-refractivity contribution is 0.0929. The van der Waals surface area contributed by atoms with Gasteiger partial charge in [-0.05, 0) is 37.8 Å². The Kier molecular flexibility index (Phi) is 3.28. The Labute approximate surface area is 129 Å². The molecule has 0 aliphatic heterocycles. The third-order valence-electron chi connectivity index (χ3n) is 4.79. The highest BCUT2D eigenvalue weighted by Crippen LogP contribution is 2.40. The van der Waals surface area contributed by atoms with Crippen LogP contribution in [0.25, 0.3) is 11.0 Å². The molecule has 1 aromatic heterocycles. The Morgan fingerprint density at radius 2 is 1.95 bits per heavy atom. The monoisotopic (exact) mass is 299 g/mol. The van der Waals surface area contributed by atoms with E-state index in [1.807, 2.05) is 0 Å². The van der Waals surface area contributed by atoms with Gasteiger partial charge in [0.25, 0.3) is 5.91 Å². The number of hydrogen-bond acceptors (Lipinski definition) is 3. The number of rotatable bonds is 3. The van der Waals surface area contributed by atoms with E-state index in [1.165, 1.54) is 19.3 Å². The summed E-state index contributed by atoms with van der Waals surface area (Å²) in [6.07, 6.45) is 8.00. The maximum absolute atomic E-state index is 12.6.